The van der Waals surface area contributed by atoms with Crippen molar-refractivity contribution in [3.05, 3.63) is 18.2 Å². The molecule has 5 saturated carbocycles. The van der Waals surface area contributed by atoms with Gasteiger partial charge in [-0.15, -0.1) is 0 Å². The molecule has 2 aliphatic heterocycles. The van der Waals surface area contributed by atoms with Gasteiger partial charge in [-0.05, 0) is 111 Å². The van der Waals surface area contributed by atoms with E-state index in [0.717, 1.165) is 51.1 Å². The number of aliphatic hydroxyl groups excluding tert-OH is 1. The maximum absolute atomic E-state index is 12.6. The molecular weight excluding hydrogens is 634 g/mol. The molecule has 0 radical (unpaired) electrons. The van der Waals surface area contributed by atoms with E-state index in [-0.39, 0.29) is 52.0 Å². The Bertz CT molecular complexity index is 1450. The van der Waals surface area contributed by atoms with Gasteiger partial charge in [-0.1, -0.05) is 34.6 Å². The summed E-state index contributed by atoms with van der Waals surface area (Å²) in [5.41, 5.74) is -1.03. The number of aromatic nitrogens is 2. The number of fused-ring (bicyclic) bond motifs is 4. The van der Waals surface area contributed by atoms with Crippen LogP contribution in [0.5, 0.6) is 0 Å². The van der Waals surface area contributed by atoms with Gasteiger partial charge >= 0.3 is 5.97 Å². The minimum atomic E-state index is -1.26. The van der Waals surface area contributed by atoms with E-state index in [0.29, 0.717) is 30.3 Å². The van der Waals surface area contributed by atoms with Gasteiger partial charge in [0.15, 0.2) is 12.4 Å². The first-order valence-electron chi connectivity index (χ1n) is 19.7. The highest BCUT2D eigenvalue weighted by molar-refractivity contribution is 5.66. The number of carbonyl (C=O) groups is 1. The average molecular weight is 698 g/mol. The van der Waals surface area contributed by atoms with E-state index in [1.165, 1.54) is 26.2 Å². The Labute approximate surface area is 298 Å². The predicted octanol–water partition coefficient (Wildman–Crippen LogP) is 5.47. The first-order valence-corrected chi connectivity index (χ1v) is 19.7. The third kappa shape index (κ3) is 4.93. The maximum Gasteiger partial charge on any atom is 0.303 e. The molecule has 50 heavy (non-hydrogen) atoms. The molecule has 2 saturated heterocycles. The van der Waals surface area contributed by atoms with E-state index in [1.807, 2.05) is 12.4 Å². The topological polar surface area (TPSA) is 126 Å². The number of aliphatic hydroxyl groups is 2. The Kier molecular flexibility index (Phi) is 8.31. The Morgan fingerprint density at radius 3 is 2.58 bits per heavy atom. The molecule has 8 rings (SSSR count). The summed E-state index contributed by atoms with van der Waals surface area (Å²) in [6.07, 6.45) is 10.2. The smallest absolute Gasteiger partial charge is 0.303 e. The molecule has 7 aliphatic rings. The molecule has 10 heteroatoms. The first kappa shape index (κ1) is 35.5. The van der Waals surface area contributed by atoms with Crippen LogP contribution >= 0.6 is 0 Å². The molecule has 0 aromatic carbocycles. The lowest BCUT2D eigenvalue weighted by Crippen LogP contribution is -2.60. The SMILES string of the molecule is CC(=O)O[C@@H](C1C[C@@H](C)[C@H]2C(O1)[C@H](O)[C@@]1(C)C3CC[C@H]4C(C)(C)C(O[C@H]5CN(Cc6ncc[nH]6)CCO5)CCC45CC35CCC21C)C(C)(C)O. The number of carbonyl (C=O) groups excluding carboxylic acids is 1. The van der Waals surface area contributed by atoms with Crippen LogP contribution in [0.25, 0.3) is 0 Å². The van der Waals surface area contributed by atoms with Crippen molar-refractivity contribution in [3.63, 3.8) is 0 Å². The summed E-state index contributed by atoms with van der Waals surface area (Å²) in [4.78, 5) is 22.1. The summed E-state index contributed by atoms with van der Waals surface area (Å²) < 4.78 is 25.7. The van der Waals surface area contributed by atoms with Gasteiger partial charge in [0.05, 0.1) is 49.7 Å². The van der Waals surface area contributed by atoms with Gasteiger partial charge in [-0.25, -0.2) is 4.98 Å². The molecule has 10 nitrogen and oxygen atoms in total. The monoisotopic (exact) mass is 697 g/mol. The highest BCUT2D eigenvalue weighted by Crippen LogP contribution is 2.89. The summed E-state index contributed by atoms with van der Waals surface area (Å²) in [5.74, 6) is 2.05. The van der Waals surface area contributed by atoms with E-state index in [1.54, 1.807) is 13.8 Å². The molecular formula is C40H63N3O7. The zero-order valence-corrected chi connectivity index (χ0v) is 31.7. The highest BCUT2D eigenvalue weighted by Gasteiger charge is 2.84. The zero-order valence-electron chi connectivity index (χ0n) is 31.7. The molecule has 3 N–H and O–H groups in total. The fourth-order valence-electron chi connectivity index (χ4n) is 14.3. The minimum Gasteiger partial charge on any atom is -0.457 e. The lowest BCUT2D eigenvalue weighted by atomic mass is 9.41. The van der Waals surface area contributed by atoms with Crippen molar-refractivity contribution in [1.82, 2.24) is 14.9 Å². The Morgan fingerprint density at radius 2 is 1.88 bits per heavy atom. The minimum absolute atomic E-state index is 0.0248. The number of esters is 1. The van der Waals surface area contributed by atoms with Crippen LogP contribution in [0.3, 0.4) is 0 Å². The number of hydrogen-bond donors (Lipinski definition) is 3. The predicted molar refractivity (Wildman–Crippen MR) is 186 cm³/mol. The third-order valence-electron chi connectivity index (χ3n) is 16.5. The Balaban J connectivity index is 1.01. The zero-order chi connectivity index (χ0) is 35.6. The molecule has 0 amide bonds. The second-order valence-electron chi connectivity index (χ2n) is 19.4. The highest BCUT2D eigenvalue weighted by atomic mass is 16.7. The van der Waals surface area contributed by atoms with Crippen LogP contribution in [-0.2, 0) is 30.3 Å². The van der Waals surface area contributed by atoms with Crippen LogP contribution in [0.1, 0.15) is 113 Å². The van der Waals surface area contributed by atoms with E-state index in [4.69, 9.17) is 18.9 Å². The second-order valence-corrected chi connectivity index (χ2v) is 19.4. The van der Waals surface area contributed by atoms with Gasteiger partial charge in [0, 0.05) is 31.3 Å². The van der Waals surface area contributed by atoms with Crippen molar-refractivity contribution in [2.45, 2.75) is 156 Å². The number of rotatable bonds is 7. The van der Waals surface area contributed by atoms with Gasteiger partial charge in [0.2, 0.25) is 0 Å². The Morgan fingerprint density at radius 1 is 1.14 bits per heavy atom. The number of nitrogens with zero attached hydrogens (tertiary/aromatic N) is 2. The van der Waals surface area contributed by atoms with E-state index in [9.17, 15) is 15.0 Å². The molecule has 1 aromatic rings. The number of H-pyrrole nitrogens is 1. The largest absolute Gasteiger partial charge is 0.457 e. The average Bonchev–Trinajstić information content (AvgIpc) is 3.33. The van der Waals surface area contributed by atoms with Crippen molar-refractivity contribution >= 4 is 5.97 Å². The normalized spacial score (nSPS) is 48.7. The molecule has 7 fully saturated rings. The van der Waals surface area contributed by atoms with E-state index in [2.05, 4.69) is 49.5 Å². The summed E-state index contributed by atoms with van der Waals surface area (Å²) >= 11 is 0. The standard InChI is InChI=1S/C40H63N3O7/c1-23-19-25(34(36(5,6)46)48-24(2)44)49-32-31(23)37(7)13-14-40-22-39(40)12-11-28(35(3,4)26(39)9-10-27(40)38(37,8)33(32)45)50-30-21-43(17-18-47-30)20-29-41-15-16-42-29/h15-16,23,25-28,30-34,45-46H,9-14,17-22H2,1-8H3,(H,41,42)/t23-,25?,26+,27?,28?,30+,31+,32?,33+,34+,37?,38-,39?,40?/m1/s1. The van der Waals surface area contributed by atoms with Crippen LogP contribution in [0, 0.1) is 50.7 Å². The molecule has 14 atom stereocenters. The number of aromatic amines is 1. The number of ether oxygens (including phenoxy) is 4. The van der Waals surface area contributed by atoms with E-state index < -0.39 is 29.9 Å². The molecule has 1 aromatic heterocycles. The first-order chi connectivity index (χ1) is 23.5. The van der Waals surface area contributed by atoms with Crippen molar-refractivity contribution in [1.29, 1.82) is 0 Å². The van der Waals surface area contributed by atoms with Gasteiger partial charge < -0.3 is 34.1 Å². The molecule has 3 heterocycles. The lowest BCUT2D eigenvalue weighted by molar-refractivity contribution is -0.249. The van der Waals surface area contributed by atoms with Gasteiger partial charge in [-0.2, -0.15) is 0 Å². The van der Waals surface area contributed by atoms with Crippen molar-refractivity contribution in [2.24, 2.45) is 50.7 Å². The van der Waals surface area contributed by atoms with E-state index >= 15 is 0 Å². The number of nitrogens with one attached hydrogen (secondary N) is 1. The fraction of sp³-hybridized carbons (Fsp3) is 0.900. The number of morpholine rings is 1. The second kappa shape index (κ2) is 11.7. The van der Waals surface area contributed by atoms with Crippen LogP contribution in [0.2, 0.25) is 0 Å². The lowest BCUT2D eigenvalue weighted by Gasteiger charge is -2.64. The number of hydrogen-bond acceptors (Lipinski definition) is 9. The molecule has 7 unspecified atom stereocenters. The van der Waals surface area contributed by atoms with Gasteiger partial charge in [0.1, 0.15) is 5.82 Å². The van der Waals surface area contributed by atoms with Gasteiger partial charge in [-0.3, -0.25) is 9.69 Å². The summed E-state index contributed by atoms with van der Waals surface area (Å²) in [5, 5.41) is 23.7. The summed E-state index contributed by atoms with van der Waals surface area (Å²) in [6, 6.07) is 0. The Hall–Kier alpha value is -1.56. The quantitative estimate of drug-likeness (QED) is 0.318. The molecule has 280 valence electrons. The molecule has 5 aliphatic carbocycles. The van der Waals surface area contributed by atoms with Crippen molar-refractivity contribution in [2.75, 3.05) is 19.7 Å². The molecule has 0 bridgehead atoms. The van der Waals surface area contributed by atoms with Crippen LogP contribution in [-0.4, -0.2) is 93.2 Å². The third-order valence-corrected chi connectivity index (χ3v) is 16.5. The summed E-state index contributed by atoms with van der Waals surface area (Å²) in [6.45, 7) is 19.9. The van der Waals surface area contributed by atoms with Crippen molar-refractivity contribution in [3.8, 4) is 0 Å². The van der Waals surface area contributed by atoms with Crippen LogP contribution in [0.4, 0.5) is 0 Å². The fourth-order valence-corrected chi connectivity index (χ4v) is 14.3. The van der Waals surface area contributed by atoms with Crippen LogP contribution < -0.4 is 0 Å². The summed E-state index contributed by atoms with van der Waals surface area (Å²) in [7, 11) is 0. The molecule has 2 spiro atoms. The number of imidazole rings is 1. The van der Waals surface area contributed by atoms with Gasteiger partial charge in [0.25, 0.3) is 0 Å². The maximum atomic E-state index is 12.6. The van der Waals surface area contributed by atoms with Crippen molar-refractivity contribution < 1.29 is 34.0 Å². The van der Waals surface area contributed by atoms with Crippen LogP contribution in [0.15, 0.2) is 12.4 Å².